The maximum absolute atomic E-state index is 13.0. The highest BCUT2D eigenvalue weighted by Crippen LogP contribution is 2.29. The van der Waals surface area contributed by atoms with E-state index >= 15 is 0 Å². The fraction of sp³-hybridized carbons (Fsp3) is 0.300. The summed E-state index contributed by atoms with van der Waals surface area (Å²) in [6.45, 7) is 0.915. The Bertz CT molecular complexity index is 833. The first kappa shape index (κ1) is 21.4. The van der Waals surface area contributed by atoms with Crippen LogP contribution >= 0.6 is 0 Å². The molecule has 0 heterocycles. The number of halogens is 3. The highest BCUT2D eigenvalue weighted by atomic mass is 19.4. The number of carbonyl (C=O) groups excluding carboxylic acids is 2. The van der Waals surface area contributed by atoms with Crippen molar-refractivity contribution in [2.24, 2.45) is 5.73 Å². The van der Waals surface area contributed by atoms with E-state index < -0.39 is 17.6 Å². The van der Waals surface area contributed by atoms with Gasteiger partial charge in [0.2, 0.25) is 5.91 Å². The van der Waals surface area contributed by atoms with E-state index in [4.69, 9.17) is 5.73 Å². The van der Waals surface area contributed by atoms with Crippen molar-refractivity contribution in [2.45, 2.75) is 12.7 Å². The van der Waals surface area contributed by atoms with Crippen molar-refractivity contribution in [3.63, 3.8) is 0 Å². The maximum atomic E-state index is 13.0. The minimum Gasteiger partial charge on any atom is -0.366 e. The molecule has 0 radical (unpaired) electrons. The average Bonchev–Trinajstić information content (AvgIpc) is 2.64. The number of likely N-dealkylation sites (N-methyl/N-ethyl adjacent to an activating group) is 1. The molecule has 0 aliphatic carbocycles. The molecule has 2 aromatic carbocycles. The van der Waals surface area contributed by atoms with Crippen LogP contribution in [-0.2, 0) is 12.7 Å². The number of benzene rings is 2. The van der Waals surface area contributed by atoms with Crippen molar-refractivity contribution in [3.05, 3.63) is 70.8 Å². The predicted molar refractivity (Wildman–Crippen MR) is 99.7 cm³/mol. The van der Waals surface area contributed by atoms with Crippen molar-refractivity contribution in [2.75, 3.05) is 27.2 Å². The summed E-state index contributed by atoms with van der Waals surface area (Å²) in [5, 5.41) is 0. The second-order valence-corrected chi connectivity index (χ2v) is 6.67. The van der Waals surface area contributed by atoms with Crippen molar-refractivity contribution in [1.82, 2.24) is 9.80 Å². The van der Waals surface area contributed by atoms with Crippen LogP contribution in [0.1, 0.15) is 31.8 Å². The lowest BCUT2D eigenvalue weighted by Gasteiger charge is -2.25. The molecule has 0 aliphatic heterocycles. The molecule has 2 amide bonds. The second-order valence-electron chi connectivity index (χ2n) is 6.67. The van der Waals surface area contributed by atoms with Gasteiger partial charge in [-0.05, 0) is 56.1 Å². The summed E-state index contributed by atoms with van der Waals surface area (Å²) in [6.07, 6.45) is -4.45. The van der Waals surface area contributed by atoms with Gasteiger partial charge < -0.3 is 15.5 Å². The van der Waals surface area contributed by atoms with Gasteiger partial charge in [0.1, 0.15) is 0 Å². The van der Waals surface area contributed by atoms with E-state index in [-0.39, 0.29) is 18.0 Å². The normalized spacial score (nSPS) is 11.5. The summed E-state index contributed by atoms with van der Waals surface area (Å²) in [5.74, 6) is -0.942. The predicted octanol–water partition coefficient (Wildman–Crippen LogP) is 3.01. The van der Waals surface area contributed by atoms with Crippen LogP contribution in [0.15, 0.2) is 48.5 Å². The Balaban J connectivity index is 2.26. The van der Waals surface area contributed by atoms with Crippen LogP contribution < -0.4 is 5.73 Å². The average molecular weight is 393 g/mol. The standard InChI is InChI=1S/C20H22F3N3O2/c1-25(2)10-11-26(13-14-4-3-5-17(12-14)20(21,22)23)19(28)16-8-6-15(7-9-16)18(24)27/h3-9,12H,10-11,13H2,1-2H3,(H2,24,27). The molecular weight excluding hydrogens is 371 g/mol. The van der Waals surface area contributed by atoms with E-state index in [0.717, 1.165) is 12.1 Å². The maximum Gasteiger partial charge on any atom is 0.416 e. The van der Waals surface area contributed by atoms with Gasteiger partial charge in [0, 0.05) is 30.8 Å². The molecule has 8 heteroatoms. The Kier molecular flexibility index (Phi) is 6.80. The minimum atomic E-state index is -4.45. The molecule has 0 saturated heterocycles. The van der Waals surface area contributed by atoms with Crippen LogP contribution in [0, 0.1) is 0 Å². The van der Waals surface area contributed by atoms with Crippen LogP contribution in [0.25, 0.3) is 0 Å². The number of alkyl halides is 3. The van der Waals surface area contributed by atoms with Crippen molar-refractivity contribution < 1.29 is 22.8 Å². The fourth-order valence-electron chi connectivity index (χ4n) is 2.60. The minimum absolute atomic E-state index is 0.0359. The molecule has 0 atom stereocenters. The molecular formula is C20H22F3N3O2. The van der Waals surface area contributed by atoms with Gasteiger partial charge in [-0.15, -0.1) is 0 Å². The van der Waals surface area contributed by atoms with Crippen LogP contribution in [0.2, 0.25) is 0 Å². The molecule has 0 aromatic heterocycles. The number of nitrogens with zero attached hydrogens (tertiary/aromatic N) is 2. The first-order valence-electron chi connectivity index (χ1n) is 8.58. The quantitative estimate of drug-likeness (QED) is 0.786. The molecule has 2 aromatic rings. The number of hydrogen-bond donors (Lipinski definition) is 1. The molecule has 150 valence electrons. The van der Waals surface area contributed by atoms with Gasteiger partial charge in [-0.25, -0.2) is 0 Å². The van der Waals surface area contributed by atoms with E-state index in [9.17, 15) is 22.8 Å². The van der Waals surface area contributed by atoms with Gasteiger partial charge in [0.15, 0.2) is 0 Å². The molecule has 2 rings (SSSR count). The van der Waals surface area contributed by atoms with Crippen molar-refractivity contribution in [1.29, 1.82) is 0 Å². The van der Waals surface area contributed by atoms with E-state index in [1.54, 1.807) is 6.07 Å². The third-order valence-corrected chi connectivity index (χ3v) is 4.15. The number of primary amides is 1. The molecule has 0 saturated carbocycles. The lowest BCUT2D eigenvalue weighted by atomic mass is 10.1. The Morgan fingerprint density at radius 2 is 1.57 bits per heavy atom. The van der Waals surface area contributed by atoms with Crippen LogP contribution in [-0.4, -0.2) is 48.8 Å². The van der Waals surface area contributed by atoms with Gasteiger partial charge >= 0.3 is 6.18 Å². The number of amides is 2. The van der Waals surface area contributed by atoms with Crippen LogP contribution in [0.3, 0.4) is 0 Å². The topological polar surface area (TPSA) is 66.6 Å². The second kappa shape index (κ2) is 8.88. The zero-order chi connectivity index (χ0) is 20.9. The molecule has 0 unspecified atom stereocenters. The Morgan fingerprint density at radius 1 is 0.964 bits per heavy atom. The summed E-state index contributed by atoms with van der Waals surface area (Å²) < 4.78 is 38.9. The summed E-state index contributed by atoms with van der Waals surface area (Å²) in [4.78, 5) is 27.4. The van der Waals surface area contributed by atoms with Crippen LogP contribution in [0.4, 0.5) is 13.2 Å². The van der Waals surface area contributed by atoms with E-state index in [0.29, 0.717) is 24.2 Å². The molecule has 2 N–H and O–H groups in total. The monoisotopic (exact) mass is 393 g/mol. The van der Waals surface area contributed by atoms with Gasteiger partial charge in [-0.1, -0.05) is 12.1 Å². The first-order chi connectivity index (χ1) is 13.1. The Morgan fingerprint density at radius 3 is 2.11 bits per heavy atom. The fourth-order valence-corrected chi connectivity index (χ4v) is 2.60. The van der Waals surface area contributed by atoms with Gasteiger partial charge in [-0.3, -0.25) is 9.59 Å². The summed E-state index contributed by atoms with van der Waals surface area (Å²) in [7, 11) is 3.68. The molecule has 0 spiro atoms. The highest BCUT2D eigenvalue weighted by molar-refractivity contribution is 5.97. The van der Waals surface area contributed by atoms with Crippen molar-refractivity contribution in [3.8, 4) is 0 Å². The zero-order valence-electron chi connectivity index (χ0n) is 15.7. The smallest absolute Gasteiger partial charge is 0.366 e. The SMILES string of the molecule is CN(C)CCN(Cc1cccc(C(F)(F)F)c1)C(=O)c1ccc(C(N)=O)cc1. The third-order valence-electron chi connectivity index (χ3n) is 4.15. The lowest BCUT2D eigenvalue weighted by Crippen LogP contribution is -2.36. The van der Waals surface area contributed by atoms with E-state index in [2.05, 4.69) is 0 Å². The summed E-state index contributed by atoms with van der Waals surface area (Å²) >= 11 is 0. The number of rotatable bonds is 7. The molecule has 0 bridgehead atoms. The van der Waals surface area contributed by atoms with Gasteiger partial charge in [-0.2, -0.15) is 13.2 Å². The Hall–Kier alpha value is -2.87. The lowest BCUT2D eigenvalue weighted by molar-refractivity contribution is -0.137. The summed E-state index contributed by atoms with van der Waals surface area (Å²) in [6, 6.07) is 10.8. The largest absolute Gasteiger partial charge is 0.416 e. The molecule has 28 heavy (non-hydrogen) atoms. The first-order valence-corrected chi connectivity index (χ1v) is 8.58. The number of carbonyl (C=O) groups is 2. The number of nitrogens with two attached hydrogens (primary N) is 1. The highest BCUT2D eigenvalue weighted by Gasteiger charge is 2.30. The third kappa shape index (κ3) is 5.82. The Labute approximate surface area is 161 Å². The van der Waals surface area contributed by atoms with Crippen molar-refractivity contribution >= 4 is 11.8 Å². The van der Waals surface area contributed by atoms with E-state index in [1.165, 1.54) is 35.2 Å². The van der Waals surface area contributed by atoms with Gasteiger partial charge in [0.05, 0.1) is 5.56 Å². The van der Waals surface area contributed by atoms with Crippen LogP contribution in [0.5, 0.6) is 0 Å². The zero-order valence-corrected chi connectivity index (χ0v) is 15.7. The molecule has 0 aliphatic rings. The molecule has 5 nitrogen and oxygen atoms in total. The molecule has 0 fully saturated rings. The summed E-state index contributed by atoms with van der Waals surface area (Å²) in [5.41, 5.74) is 5.43. The van der Waals surface area contributed by atoms with E-state index in [1.807, 2.05) is 19.0 Å². The van der Waals surface area contributed by atoms with Gasteiger partial charge in [0.25, 0.3) is 5.91 Å². The number of hydrogen-bond acceptors (Lipinski definition) is 3.